The fourth-order valence-electron chi connectivity index (χ4n) is 2.97. The molecule has 9 nitrogen and oxygen atoms in total. The normalized spacial score (nSPS) is 14.5. The highest BCUT2D eigenvalue weighted by atomic mass is 32.2. The molecule has 11 heteroatoms. The summed E-state index contributed by atoms with van der Waals surface area (Å²) in [5.41, 5.74) is 1.89. The molecule has 1 heterocycles. The second-order valence-corrected chi connectivity index (χ2v) is 8.48. The molecule has 1 aromatic heterocycles. The van der Waals surface area contributed by atoms with Crippen molar-refractivity contribution < 1.29 is 33.3 Å². The van der Waals surface area contributed by atoms with Gasteiger partial charge in [-0.05, 0) is 30.2 Å². The zero-order valence-electron chi connectivity index (χ0n) is 17.8. The number of aliphatic hydroxyl groups excluding tert-OH is 2. The molecular weight excluding hydrogens is 441 g/mol. The van der Waals surface area contributed by atoms with Gasteiger partial charge in [-0.1, -0.05) is 26.0 Å². The second-order valence-electron chi connectivity index (χ2n) is 7.47. The molecule has 3 unspecified atom stereocenters. The van der Waals surface area contributed by atoms with Crippen molar-refractivity contribution in [1.82, 2.24) is 9.97 Å². The molecule has 0 aliphatic carbocycles. The zero-order valence-corrected chi connectivity index (χ0v) is 18.7. The van der Waals surface area contributed by atoms with Gasteiger partial charge < -0.3 is 15.3 Å². The third-order valence-corrected chi connectivity index (χ3v) is 5.18. The molecule has 4 N–H and O–H groups in total. The van der Waals surface area contributed by atoms with Crippen LogP contribution >= 0.6 is 0 Å². The molecular formula is C21H26FN3O6S. The number of carbonyl (C=O) groups is 1. The van der Waals surface area contributed by atoms with E-state index in [0.29, 0.717) is 22.5 Å². The van der Waals surface area contributed by atoms with Gasteiger partial charge in [-0.2, -0.15) is 0 Å². The summed E-state index contributed by atoms with van der Waals surface area (Å²) in [6.07, 6.45) is -0.109. The van der Waals surface area contributed by atoms with E-state index >= 15 is 0 Å². The third-order valence-electron chi connectivity index (χ3n) is 4.55. The van der Waals surface area contributed by atoms with Crippen molar-refractivity contribution in [3.05, 3.63) is 47.4 Å². The van der Waals surface area contributed by atoms with Crippen LogP contribution in [0.1, 0.15) is 43.9 Å². The minimum absolute atomic E-state index is 0.0107. The van der Waals surface area contributed by atoms with Crippen LogP contribution in [-0.2, 0) is 16.1 Å². The van der Waals surface area contributed by atoms with Gasteiger partial charge in [0.25, 0.3) is 11.3 Å². The number of hydrogen-bond acceptors (Lipinski definition) is 6. The van der Waals surface area contributed by atoms with E-state index in [9.17, 15) is 28.2 Å². The van der Waals surface area contributed by atoms with Crippen molar-refractivity contribution in [3.63, 3.8) is 0 Å². The number of carboxylic acid groups (broad SMARTS) is 1. The molecule has 0 saturated carbocycles. The van der Waals surface area contributed by atoms with E-state index in [4.69, 9.17) is 5.11 Å². The lowest BCUT2D eigenvalue weighted by atomic mass is 9.97. The number of aliphatic hydroxyl groups is 2. The maximum absolute atomic E-state index is 13.5. The van der Waals surface area contributed by atoms with Crippen LogP contribution in [-0.4, -0.2) is 59.3 Å². The Morgan fingerprint density at radius 2 is 1.84 bits per heavy atom. The van der Waals surface area contributed by atoms with Gasteiger partial charge >= 0.3 is 5.97 Å². The summed E-state index contributed by atoms with van der Waals surface area (Å²) in [6, 6.07) is 5.52. The molecule has 0 amide bonds. The van der Waals surface area contributed by atoms with E-state index < -0.39 is 41.7 Å². The predicted molar refractivity (Wildman–Crippen MR) is 119 cm³/mol. The summed E-state index contributed by atoms with van der Waals surface area (Å²) in [7, 11) is 1.35. The molecule has 0 saturated heterocycles. The first-order chi connectivity index (χ1) is 15.0. The lowest BCUT2D eigenvalue weighted by Crippen LogP contribution is -2.23. The number of nitrogens with zero attached hydrogens (tertiary/aromatic N) is 3. The van der Waals surface area contributed by atoms with Gasteiger partial charge in [-0.15, -0.1) is 0 Å². The summed E-state index contributed by atoms with van der Waals surface area (Å²) in [6.45, 7) is 3.72. The van der Waals surface area contributed by atoms with Crippen molar-refractivity contribution in [1.29, 1.82) is 0 Å². The highest BCUT2D eigenvalue weighted by Gasteiger charge is 2.21. The van der Waals surface area contributed by atoms with Gasteiger partial charge in [-0.3, -0.25) is 9.35 Å². The Kier molecular flexibility index (Phi) is 8.96. The molecule has 2 rings (SSSR count). The molecule has 1 aromatic carbocycles. The first-order valence-corrected chi connectivity index (χ1v) is 10.8. The second kappa shape index (κ2) is 11.2. The van der Waals surface area contributed by atoms with E-state index in [0.717, 1.165) is 4.31 Å². The monoisotopic (exact) mass is 467 g/mol. The number of hydrogen-bond donors (Lipinski definition) is 4. The van der Waals surface area contributed by atoms with E-state index in [1.165, 1.54) is 37.4 Å². The average molecular weight is 468 g/mol. The van der Waals surface area contributed by atoms with Crippen molar-refractivity contribution in [2.24, 2.45) is 0 Å². The molecule has 32 heavy (non-hydrogen) atoms. The predicted octanol–water partition coefficient (Wildman–Crippen LogP) is 2.58. The van der Waals surface area contributed by atoms with Gasteiger partial charge in [-0.25, -0.2) is 22.9 Å². The Hall–Kier alpha value is -2.73. The van der Waals surface area contributed by atoms with E-state index in [2.05, 4.69) is 9.97 Å². The maximum Gasteiger partial charge on any atom is 0.305 e. The maximum atomic E-state index is 13.5. The number of aliphatic carboxylic acids is 1. The van der Waals surface area contributed by atoms with E-state index in [1.807, 2.05) is 13.8 Å². The van der Waals surface area contributed by atoms with Crippen molar-refractivity contribution in [2.45, 2.75) is 44.8 Å². The number of benzene rings is 1. The quantitative estimate of drug-likeness (QED) is 0.390. The van der Waals surface area contributed by atoms with Crippen molar-refractivity contribution >= 4 is 29.3 Å². The van der Waals surface area contributed by atoms with Crippen LogP contribution in [0.25, 0.3) is 17.3 Å². The molecule has 2 aromatic rings. The topological polar surface area (TPSA) is 144 Å². The Labute approximate surface area is 187 Å². The third kappa shape index (κ3) is 6.89. The Morgan fingerprint density at radius 3 is 2.38 bits per heavy atom. The Morgan fingerprint density at radius 1 is 1.22 bits per heavy atom. The summed E-state index contributed by atoms with van der Waals surface area (Å²) >= 11 is -2.37. The number of anilines is 1. The van der Waals surface area contributed by atoms with Gasteiger partial charge in [0.2, 0.25) is 5.95 Å². The van der Waals surface area contributed by atoms with Gasteiger partial charge in [0.1, 0.15) is 5.82 Å². The summed E-state index contributed by atoms with van der Waals surface area (Å²) in [4.78, 5) is 19.5. The molecule has 174 valence electrons. The van der Waals surface area contributed by atoms with Crippen LogP contribution in [0.2, 0.25) is 0 Å². The van der Waals surface area contributed by atoms with E-state index in [-0.39, 0.29) is 18.3 Å². The SMILES string of the molecule is CC(C)c1nc(N(C)S(=O)O)nc(-c2ccc(F)cc2)c1C=CC(O)CC(O)CC(=O)O. The summed E-state index contributed by atoms with van der Waals surface area (Å²) in [5, 5.41) is 28.7. The van der Waals surface area contributed by atoms with Crippen LogP contribution in [0.15, 0.2) is 30.3 Å². The Bertz CT molecular complexity index is 1000. The van der Waals surface area contributed by atoms with Crippen molar-refractivity contribution in [2.75, 3.05) is 11.4 Å². The molecule has 0 radical (unpaired) electrons. The van der Waals surface area contributed by atoms with Gasteiger partial charge in [0.05, 0.1) is 30.0 Å². The first kappa shape index (κ1) is 25.5. The Balaban J connectivity index is 2.56. The largest absolute Gasteiger partial charge is 0.481 e. The molecule has 0 aliphatic heterocycles. The minimum atomic E-state index is -2.37. The molecule has 0 aliphatic rings. The molecule has 0 fully saturated rings. The summed E-state index contributed by atoms with van der Waals surface area (Å²) < 4.78 is 35.4. The molecule has 3 atom stereocenters. The van der Waals surface area contributed by atoms with Crippen LogP contribution in [0.5, 0.6) is 0 Å². The highest BCUT2D eigenvalue weighted by Crippen LogP contribution is 2.31. The number of halogens is 1. The number of carboxylic acids is 1. The van der Waals surface area contributed by atoms with Gasteiger partial charge in [0.15, 0.2) is 0 Å². The smallest absolute Gasteiger partial charge is 0.305 e. The van der Waals surface area contributed by atoms with Crippen LogP contribution in [0, 0.1) is 5.82 Å². The number of aromatic nitrogens is 2. The van der Waals surface area contributed by atoms with Crippen LogP contribution < -0.4 is 4.31 Å². The minimum Gasteiger partial charge on any atom is -0.481 e. The fourth-order valence-corrected chi connectivity index (χ4v) is 3.19. The number of rotatable bonds is 10. The lowest BCUT2D eigenvalue weighted by Gasteiger charge is -2.19. The van der Waals surface area contributed by atoms with Gasteiger partial charge in [0, 0.05) is 24.6 Å². The fraction of sp³-hybridized carbons (Fsp3) is 0.381. The zero-order chi connectivity index (χ0) is 24.0. The first-order valence-electron chi connectivity index (χ1n) is 9.78. The lowest BCUT2D eigenvalue weighted by molar-refractivity contribution is -0.139. The molecule has 0 bridgehead atoms. The average Bonchev–Trinajstić information content (AvgIpc) is 2.70. The summed E-state index contributed by atoms with van der Waals surface area (Å²) in [5.74, 6) is -1.78. The molecule has 0 spiro atoms. The van der Waals surface area contributed by atoms with Crippen LogP contribution in [0.4, 0.5) is 10.3 Å². The van der Waals surface area contributed by atoms with Crippen LogP contribution in [0.3, 0.4) is 0 Å². The van der Waals surface area contributed by atoms with Crippen molar-refractivity contribution in [3.8, 4) is 11.3 Å². The highest BCUT2D eigenvalue weighted by molar-refractivity contribution is 7.80. The van der Waals surface area contributed by atoms with E-state index in [1.54, 1.807) is 6.08 Å². The standard InChI is InChI=1S/C21H26FN3O6S/c1-12(2)19-17(9-8-15(26)10-16(27)11-18(28)29)20(13-4-6-14(22)7-5-13)24-21(23-19)25(3)32(30)31/h4-9,12,15-16,26-27H,10-11H2,1-3H3,(H,28,29)(H,30,31).